The third-order valence-corrected chi connectivity index (χ3v) is 5.48. The van der Waals surface area contributed by atoms with E-state index in [9.17, 15) is 4.79 Å². The van der Waals surface area contributed by atoms with E-state index in [1.807, 2.05) is 0 Å². The third-order valence-electron chi connectivity index (χ3n) is 5.48. The number of hydrogen-bond donors (Lipinski definition) is 1. The molecule has 0 bridgehead atoms. The largest absolute Gasteiger partial charge is 0.469 e. The molecule has 0 radical (unpaired) electrons. The van der Waals surface area contributed by atoms with Gasteiger partial charge in [-0.05, 0) is 51.6 Å². The molecule has 7 nitrogen and oxygen atoms in total. The van der Waals surface area contributed by atoms with Crippen LogP contribution in [0.1, 0.15) is 32.6 Å². The minimum atomic E-state index is -0.0770. The van der Waals surface area contributed by atoms with Crippen LogP contribution in [0.4, 0.5) is 0 Å². The van der Waals surface area contributed by atoms with Crippen LogP contribution in [0.25, 0.3) is 0 Å². The molecule has 2 saturated heterocycles. The van der Waals surface area contributed by atoms with Gasteiger partial charge in [-0.1, -0.05) is 0 Å². The van der Waals surface area contributed by atoms with Crippen LogP contribution in [0.5, 0.6) is 0 Å². The van der Waals surface area contributed by atoms with Crippen molar-refractivity contribution >= 4 is 35.9 Å². The van der Waals surface area contributed by atoms with Gasteiger partial charge in [0.05, 0.1) is 19.6 Å². The molecule has 0 aliphatic carbocycles. The number of esters is 1. The summed E-state index contributed by atoms with van der Waals surface area (Å²) >= 11 is 0. The number of nitrogens with one attached hydrogen (secondary N) is 1. The van der Waals surface area contributed by atoms with E-state index in [4.69, 9.17) is 14.5 Å². The maximum Gasteiger partial charge on any atom is 0.308 e. The van der Waals surface area contributed by atoms with Gasteiger partial charge >= 0.3 is 5.97 Å². The van der Waals surface area contributed by atoms with Crippen molar-refractivity contribution in [1.82, 2.24) is 15.1 Å². The second-order valence-electron chi connectivity index (χ2n) is 7.26. The van der Waals surface area contributed by atoms with E-state index in [1.54, 1.807) is 7.11 Å². The predicted octanol–water partition coefficient (Wildman–Crippen LogP) is 1.81. The summed E-state index contributed by atoms with van der Waals surface area (Å²) in [6, 6.07) is 0. The van der Waals surface area contributed by atoms with Crippen molar-refractivity contribution in [2.24, 2.45) is 16.8 Å². The van der Waals surface area contributed by atoms with Crippen LogP contribution in [0.3, 0.4) is 0 Å². The van der Waals surface area contributed by atoms with E-state index in [-0.39, 0.29) is 35.9 Å². The first-order chi connectivity index (χ1) is 12.7. The first-order valence-corrected chi connectivity index (χ1v) is 10.00. The van der Waals surface area contributed by atoms with Crippen LogP contribution >= 0.6 is 24.0 Å². The number of carbonyl (C=O) groups is 1. The van der Waals surface area contributed by atoms with E-state index in [1.165, 1.54) is 20.0 Å². The van der Waals surface area contributed by atoms with Crippen molar-refractivity contribution in [2.45, 2.75) is 32.6 Å². The molecule has 2 heterocycles. The van der Waals surface area contributed by atoms with Crippen molar-refractivity contribution in [3.63, 3.8) is 0 Å². The Labute approximate surface area is 181 Å². The lowest BCUT2D eigenvalue weighted by atomic mass is 9.96. The van der Waals surface area contributed by atoms with E-state index in [0.717, 1.165) is 71.2 Å². The summed E-state index contributed by atoms with van der Waals surface area (Å²) in [6.07, 6.45) is 4.10. The number of methoxy groups -OCH3 is 2. The molecule has 8 heteroatoms. The summed E-state index contributed by atoms with van der Waals surface area (Å²) < 4.78 is 10.0. The molecule has 0 spiro atoms. The zero-order chi connectivity index (χ0) is 18.8. The number of rotatable bonds is 7. The molecule has 2 aliphatic rings. The fourth-order valence-electron chi connectivity index (χ4n) is 3.75. The standard InChI is InChI=1S/C19H36N4O3.HI/c1-4-20-19(23-11-7-17(8-12-23)18(24)26-3)21-15-16-5-9-22(10-6-16)13-14-25-2;/h16-17H,4-15H2,1-3H3,(H,20,21);1H. The molecule has 0 atom stereocenters. The van der Waals surface area contributed by atoms with Crippen molar-refractivity contribution in [3.05, 3.63) is 0 Å². The zero-order valence-corrected chi connectivity index (χ0v) is 19.4. The highest BCUT2D eigenvalue weighted by Crippen LogP contribution is 2.20. The van der Waals surface area contributed by atoms with Crippen molar-refractivity contribution in [3.8, 4) is 0 Å². The molecule has 2 rings (SSSR count). The quantitative estimate of drug-likeness (QED) is 0.251. The Morgan fingerprint density at radius 2 is 1.78 bits per heavy atom. The van der Waals surface area contributed by atoms with Crippen LogP contribution in [0.2, 0.25) is 0 Å². The Kier molecular flexibility index (Phi) is 12.3. The van der Waals surface area contributed by atoms with Crippen LogP contribution in [-0.2, 0) is 14.3 Å². The van der Waals surface area contributed by atoms with Crippen molar-refractivity contribution < 1.29 is 14.3 Å². The SMILES string of the molecule is CCNC(=NCC1CCN(CCOC)CC1)N1CCC(C(=O)OC)CC1.I. The number of halogens is 1. The molecule has 0 unspecified atom stereocenters. The van der Waals surface area contributed by atoms with Gasteiger partial charge in [-0.2, -0.15) is 0 Å². The van der Waals surface area contributed by atoms with Gasteiger partial charge in [0.15, 0.2) is 5.96 Å². The Morgan fingerprint density at radius 3 is 2.33 bits per heavy atom. The molecular weight excluding hydrogens is 459 g/mol. The molecule has 0 aromatic heterocycles. The molecule has 0 aromatic rings. The smallest absolute Gasteiger partial charge is 0.308 e. The van der Waals surface area contributed by atoms with Crippen molar-refractivity contribution in [2.75, 3.05) is 66.6 Å². The van der Waals surface area contributed by atoms with Gasteiger partial charge in [0, 0.05) is 39.8 Å². The predicted molar refractivity (Wildman–Crippen MR) is 119 cm³/mol. The average Bonchev–Trinajstić information content (AvgIpc) is 2.70. The Balaban J connectivity index is 0.00000364. The normalized spacial score (nSPS) is 20.3. The maximum atomic E-state index is 11.7. The number of likely N-dealkylation sites (tertiary alicyclic amines) is 2. The summed E-state index contributed by atoms with van der Waals surface area (Å²) in [5, 5.41) is 3.42. The fourth-order valence-corrected chi connectivity index (χ4v) is 3.75. The summed E-state index contributed by atoms with van der Waals surface area (Å²) in [4.78, 5) is 21.4. The highest BCUT2D eigenvalue weighted by Gasteiger charge is 2.27. The third kappa shape index (κ3) is 8.11. The van der Waals surface area contributed by atoms with Crippen LogP contribution < -0.4 is 5.32 Å². The van der Waals surface area contributed by atoms with Crippen LogP contribution in [0, 0.1) is 11.8 Å². The lowest BCUT2D eigenvalue weighted by Crippen LogP contribution is -2.47. The molecule has 2 aliphatic heterocycles. The zero-order valence-electron chi connectivity index (χ0n) is 17.1. The van der Waals surface area contributed by atoms with E-state index >= 15 is 0 Å². The Hall–Kier alpha value is -0.610. The average molecular weight is 496 g/mol. The number of ether oxygens (including phenoxy) is 2. The van der Waals surface area contributed by atoms with E-state index in [0.29, 0.717) is 5.92 Å². The second-order valence-corrected chi connectivity index (χ2v) is 7.26. The topological polar surface area (TPSA) is 66.4 Å². The number of hydrogen-bond acceptors (Lipinski definition) is 5. The summed E-state index contributed by atoms with van der Waals surface area (Å²) in [6.45, 7) is 9.71. The van der Waals surface area contributed by atoms with E-state index in [2.05, 4.69) is 22.0 Å². The van der Waals surface area contributed by atoms with Gasteiger partial charge in [0.25, 0.3) is 0 Å². The van der Waals surface area contributed by atoms with Gasteiger partial charge < -0.3 is 24.6 Å². The van der Waals surface area contributed by atoms with Gasteiger partial charge in [-0.3, -0.25) is 9.79 Å². The van der Waals surface area contributed by atoms with Crippen molar-refractivity contribution in [1.29, 1.82) is 0 Å². The molecular formula is C19H37IN4O3. The van der Waals surface area contributed by atoms with E-state index < -0.39 is 0 Å². The highest BCUT2D eigenvalue weighted by atomic mass is 127. The molecule has 0 amide bonds. The number of carbonyl (C=O) groups excluding carboxylic acids is 1. The van der Waals surface area contributed by atoms with Crippen LogP contribution in [0.15, 0.2) is 4.99 Å². The molecule has 1 N–H and O–H groups in total. The van der Waals surface area contributed by atoms with Gasteiger partial charge in [-0.15, -0.1) is 24.0 Å². The summed E-state index contributed by atoms with van der Waals surface area (Å²) in [5.74, 6) is 1.62. The molecule has 2 fully saturated rings. The van der Waals surface area contributed by atoms with Gasteiger partial charge in [-0.25, -0.2) is 0 Å². The second kappa shape index (κ2) is 13.5. The maximum absolute atomic E-state index is 11.7. The van der Waals surface area contributed by atoms with Gasteiger partial charge in [0.2, 0.25) is 0 Å². The molecule has 0 saturated carbocycles. The Bertz CT molecular complexity index is 448. The first-order valence-electron chi connectivity index (χ1n) is 10.00. The first kappa shape index (κ1) is 24.4. The number of guanidine groups is 1. The number of piperidine rings is 2. The lowest BCUT2D eigenvalue weighted by molar-refractivity contribution is -0.146. The molecule has 27 heavy (non-hydrogen) atoms. The minimum absolute atomic E-state index is 0. The summed E-state index contributed by atoms with van der Waals surface area (Å²) in [7, 11) is 3.23. The summed E-state index contributed by atoms with van der Waals surface area (Å²) in [5.41, 5.74) is 0. The highest BCUT2D eigenvalue weighted by molar-refractivity contribution is 14.0. The Morgan fingerprint density at radius 1 is 1.11 bits per heavy atom. The minimum Gasteiger partial charge on any atom is -0.469 e. The fraction of sp³-hybridized carbons (Fsp3) is 0.895. The monoisotopic (exact) mass is 496 g/mol. The van der Waals surface area contributed by atoms with Crippen LogP contribution in [-0.4, -0.2) is 88.4 Å². The molecule has 0 aromatic carbocycles. The lowest BCUT2D eigenvalue weighted by Gasteiger charge is -2.34. The number of nitrogens with zero attached hydrogens (tertiary/aromatic N) is 3. The number of aliphatic imine (C=N–C) groups is 1. The molecule has 158 valence electrons. The van der Waals surface area contributed by atoms with Gasteiger partial charge in [0.1, 0.15) is 0 Å².